The molecule has 6 nitrogen and oxygen atoms in total. The Labute approximate surface area is 194 Å². The van der Waals surface area contributed by atoms with Gasteiger partial charge in [-0.2, -0.15) is 0 Å². The second-order valence-electron chi connectivity index (χ2n) is 10.5. The van der Waals surface area contributed by atoms with E-state index in [2.05, 4.69) is 47.5 Å². The molecule has 0 radical (unpaired) electrons. The van der Waals surface area contributed by atoms with E-state index in [0.29, 0.717) is 23.0 Å². The Morgan fingerprint density at radius 3 is 2.12 bits per heavy atom. The molecule has 1 spiro atoms. The third-order valence-electron chi connectivity index (χ3n) is 8.25. The number of ketones is 1. The molecule has 1 aromatic heterocycles. The zero-order valence-corrected chi connectivity index (χ0v) is 20.9. The first-order valence-corrected chi connectivity index (χ1v) is 12.7. The second-order valence-corrected chi connectivity index (χ2v) is 10.5. The maximum Gasteiger partial charge on any atom is 0.138 e. The minimum absolute atomic E-state index is 0.251. The number of nitrogens with zero attached hydrogens (tertiary/aromatic N) is 4. The second kappa shape index (κ2) is 11.1. The molecule has 0 aromatic carbocycles. The number of hydrogen-bond acceptors (Lipinski definition) is 6. The number of hydrogen-bond donors (Lipinski definition) is 1. The van der Waals surface area contributed by atoms with Gasteiger partial charge in [0.05, 0.1) is 18.1 Å². The third-order valence-corrected chi connectivity index (χ3v) is 8.25. The highest BCUT2D eigenvalue weighted by Gasteiger charge is 2.49. The topological polar surface area (TPSA) is 69.6 Å². The van der Waals surface area contributed by atoms with Gasteiger partial charge in [-0.3, -0.25) is 9.69 Å². The largest absolute Gasteiger partial charge is 0.400 e. The molecule has 0 bridgehead atoms. The van der Waals surface area contributed by atoms with Gasteiger partial charge in [-0.1, -0.05) is 27.7 Å². The van der Waals surface area contributed by atoms with Crippen molar-refractivity contribution in [2.24, 2.45) is 17.3 Å². The standard InChI is InChI=1S/C25H40N4O.CH4O/c1-5-19(4)23(30)20-6-8-25(9-7-20)14-21(15-25)28-10-12-29(13-11-28)22-16-26-24(18(2)3)27-17-22;1-2/h16-21H,5-15H2,1-4H3;2H,1H3. The van der Waals surface area contributed by atoms with Gasteiger partial charge in [0.25, 0.3) is 0 Å². The molecular weight excluding hydrogens is 400 g/mol. The molecule has 1 aliphatic heterocycles. The van der Waals surface area contributed by atoms with E-state index >= 15 is 0 Å². The maximum absolute atomic E-state index is 12.5. The predicted molar refractivity (Wildman–Crippen MR) is 130 cm³/mol. The summed E-state index contributed by atoms with van der Waals surface area (Å²) >= 11 is 0. The van der Waals surface area contributed by atoms with Gasteiger partial charge in [-0.25, -0.2) is 9.97 Å². The van der Waals surface area contributed by atoms with Crippen LogP contribution in [0.5, 0.6) is 0 Å². The summed E-state index contributed by atoms with van der Waals surface area (Å²) in [5, 5.41) is 7.00. The van der Waals surface area contributed by atoms with E-state index in [0.717, 1.165) is 70.1 Å². The Morgan fingerprint density at radius 1 is 1.06 bits per heavy atom. The normalized spacial score (nSPS) is 29.3. The van der Waals surface area contributed by atoms with Crippen LogP contribution in [-0.4, -0.2) is 65.1 Å². The monoisotopic (exact) mass is 444 g/mol. The molecule has 1 atom stereocenters. The minimum atomic E-state index is 0.251. The molecule has 32 heavy (non-hydrogen) atoms. The van der Waals surface area contributed by atoms with Crippen molar-refractivity contribution in [3.05, 3.63) is 18.2 Å². The van der Waals surface area contributed by atoms with Crippen LogP contribution in [0.4, 0.5) is 5.69 Å². The molecule has 180 valence electrons. The Bertz CT molecular complexity index is 712. The molecule has 2 saturated carbocycles. The van der Waals surface area contributed by atoms with Crippen molar-refractivity contribution in [2.75, 3.05) is 38.2 Å². The van der Waals surface area contributed by atoms with Crippen LogP contribution < -0.4 is 4.90 Å². The average molecular weight is 445 g/mol. The smallest absolute Gasteiger partial charge is 0.138 e. The number of carbonyl (C=O) groups excluding carboxylic acids is 1. The van der Waals surface area contributed by atoms with Crippen molar-refractivity contribution in [1.29, 1.82) is 0 Å². The molecule has 3 fully saturated rings. The number of aliphatic hydroxyl groups is 1. The molecule has 1 saturated heterocycles. The van der Waals surface area contributed by atoms with Crippen LogP contribution in [0.2, 0.25) is 0 Å². The van der Waals surface area contributed by atoms with Crippen molar-refractivity contribution >= 4 is 11.5 Å². The van der Waals surface area contributed by atoms with Gasteiger partial charge in [-0.15, -0.1) is 0 Å². The van der Waals surface area contributed by atoms with Crippen molar-refractivity contribution < 1.29 is 9.90 Å². The Hall–Kier alpha value is -1.53. The number of carbonyl (C=O) groups is 1. The average Bonchev–Trinajstić information content (AvgIpc) is 2.83. The molecule has 1 unspecified atom stereocenters. The Kier molecular flexibility index (Phi) is 8.68. The fourth-order valence-electron chi connectivity index (χ4n) is 5.86. The van der Waals surface area contributed by atoms with E-state index in [1.807, 2.05) is 12.4 Å². The lowest BCUT2D eigenvalue weighted by Crippen LogP contribution is -2.57. The first-order chi connectivity index (χ1) is 15.4. The van der Waals surface area contributed by atoms with Crippen LogP contribution in [0, 0.1) is 17.3 Å². The zero-order chi connectivity index (χ0) is 23.3. The summed E-state index contributed by atoms with van der Waals surface area (Å²) in [5.74, 6) is 2.44. The lowest BCUT2D eigenvalue weighted by Gasteiger charge is -2.56. The number of Topliss-reactive ketones (excluding diaryl/α,β-unsaturated/α-hetero) is 1. The molecule has 3 aliphatic rings. The first kappa shape index (κ1) is 25.1. The van der Waals surface area contributed by atoms with E-state index in [4.69, 9.17) is 5.11 Å². The van der Waals surface area contributed by atoms with Gasteiger partial charge in [0.1, 0.15) is 11.6 Å². The summed E-state index contributed by atoms with van der Waals surface area (Å²) in [4.78, 5) is 26.7. The van der Waals surface area contributed by atoms with Crippen LogP contribution in [0.25, 0.3) is 0 Å². The maximum atomic E-state index is 12.5. The van der Waals surface area contributed by atoms with Gasteiger partial charge in [0, 0.05) is 57.1 Å². The van der Waals surface area contributed by atoms with Gasteiger partial charge in [0.15, 0.2) is 0 Å². The number of aliphatic hydroxyl groups excluding tert-OH is 1. The highest BCUT2D eigenvalue weighted by Crippen LogP contribution is 2.54. The predicted octanol–water partition coefficient (Wildman–Crippen LogP) is 4.28. The number of piperazine rings is 1. The van der Waals surface area contributed by atoms with E-state index in [1.165, 1.54) is 25.7 Å². The van der Waals surface area contributed by atoms with Crippen LogP contribution in [-0.2, 0) is 4.79 Å². The Morgan fingerprint density at radius 2 is 1.62 bits per heavy atom. The Balaban J connectivity index is 0.00000141. The molecule has 0 amide bonds. The summed E-state index contributed by atoms with van der Waals surface area (Å²) in [6, 6.07) is 0.758. The number of aromatic nitrogens is 2. The molecule has 1 N–H and O–H groups in total. The van der Waals surface area contributed by atoms with E-state index in [1.54, 1.807) is 0 Å². The van der Waals surface area contributed by atoms with Crippen LogP contribution in [0.15, 0.2) is 12.4 Å². The molecular formula is C26H44N4O2. The molecule has 6 heteroatoms. The molecule has 2 heterocycles. The highest BCUT2D eigenvalue weighted by atomic mass is 16.2. The van der Waals surface area contributed by atoms with E-state index in [9.17, 15) is 4.79 Å². The number of anilines is 1. The fraction of sp³-hybridized carbons (Fsp3) is 0.808. The van der Waals surface area contributed by atoms with E-state index < -0.39 is 0 Å². The SMILES string of the molecule is CCC(C)C(=O)C1CCC2(CC1)CC(N1CCN(c3cnc(C(C)C)nc3)CC1)C2.CO. The first-order valence-electron chi connectivity index (χ1n) is 12.7. The van der Waals surface area contributed by atoms with Crippen molar-refractivity contribution in [3.63, 3.8) is 0 Å². The van der Waals surface area contributed by atoms with Gasteiger partial charge in [-0.05, 0) is 50.4 Å². The highest BCUT2D eigenvalue weighted by molar-refractivity contribution is 5.83. The van der Waals surface area contributed by atoms with Gasteiger partial charge in [0.2, 0.25) is 0 Å². The van der Waals surface area contributed by atoms with Crippen molar-refractivity contribution in [3.8, 4) is 0 Å². The molecule has 1 aromatic rings. The zero-order valence-electron chi connectivity index (χ0n) is 20.9. The van der Waals surface area contributed by atoms with Crippen LogP contribution in [0.3, 0.4) is 0 Å². The minimum Gasteiger partial charge on any atom is -0.400 e. The molecule has 4 rings (SSSR count). The van der Waals surface area contributed by atoms with Gasteiger partial charge < -0.3 is 10.0 Å². The van der Waals surface area contributed by atoms with Crippen LogP contribution >= 0.6 is 0 Å². The van der Waals surface area contributed by atoms with Crippen LogP contribution in [0.1, 0.15) is 84.4 Å². The van der Waals surface area contributed by atoms with Crippen molar-refractivity contribution in [1.82, 2.24) is 14.9 Å². The summed E-state index contributed by atoms with van der Waals surface area (Å²) in [6.07, 6.45) is 12.5. The summed E-state index contributed by atoms with van der Waals surface area (Å²) in [6.45, 7) is 12.9. The lowest BCUT2D eigenvalue weighted by molar-refractivity contribution is -0.129. The lowest BCUT2D eigenvalue weighted by atomic mass is 9.56. The summed E-state index contributed by atoms with van der Waals surface area (Å²) in [7, 11) is 1.00. The molecule has 2 aliphatic carbocycles. The van der Waals surface area contributed by atoms with Crippen molar-refractivity contribution in [2.45, 2.75) is 84.6 Å². The number of rotatable bonds is 6. The fourth-order valence-corrected chi connectivity index (χ4v) is 5.86. The summed E-state index contributed by atoms with van der Waals surface area (Å²) < 4.78 is 0. The quantitative estimate of drug-likeness (QED) is 0.706. The van der Waals surface area contributed by atoms with Gasteiger partial charge >= 0.3 is 0 Å². The summed E-state index contributed by atoms with van der Waals surface area (Å²) in [5.41, 5.74) is 1.71. The van der Waals surface area contributed by atoms with E-state index in [-0.39, 0.29) is 5.92 Å². The third kappa shape index (κ3) is 5.51.